The zero-order valence-corrected chi connectivity index (χ0v) is 10.5. The number of halogens is 1. The molecule has 0 saturated carbocycles. The number of hydrogen-bond acceptors (Lipinski definition) is 5. The van der Waals surface area contributed by atoms with Gasteiger partial charge in [-0.2, -0.15) is 0 Å². The Bertz CT molecular complexity index is 475. The van der Waals surface area contributed by atoms with Gasteiger partial charge in [0, 0.05) is 18.7 Å². The number of nitro groups is 1. The van der Waals surface area contributed by atoms with E-state index in [1.807, 2.05) is 0 Å². The molecule has 0 aromatic heterocycles. The first-order chi connectivity index (χ1) is 9.11. The van der Waals surface area contributed by atoms with Crippen LogP contribution < -0.4 is 10.1 Å². The second kappa shape index (κ2) is 5.83. The number of nitro benzene ring substituents is 1. The zero-order chi connectivity index (χ0) is 13.8. The molecule has 6 nitrogen and oxygen atoms in total. The Hall–Kier alpha value is -1.89. The molecule has 1 aliphatic heterocycles. The maximum absolute atomic E-state index is 13.8. The fourth-order valence-electron chi connectivity index (χ4n) is 2.03. The highest BCUT2D eigenvalue weighted by Crippen LogP contribution is 2.32. The molecule has 1 aromatic rings. The van der Waals surface area contributed by atoms with Gasteiger partial charge in [-0.15, -0.1) is 0 Å². The number of benzene rings is 1. The summed E-state index contributed by atoms with van der Waals surface area (Å²) >= 11 is 0. The van der Waals surface area contributed by atoms with Crippen LogP contribution in [0.15, 0.2) is 12.1 Å². The largest absolute Gasteiger partial charge is 0.490 e. The molecule has 1 unspecified atom stereocenters. The van der Waals surface area contributed by atoms with Crippen molar-refractivity contribution in [1.29, 1.82) is 0 Å². The first-order valence-corrected chi connectivity index (χ1v) is 5.98. The number of anilines is 1. The minimum absolute atomic E-state index is 0.00872. The van der Waals surface area contributed by atoms with E-state index in [1.165, 1.54) is 13.2 Å². The molecule has 1 fully saturated rings. The van der Waals surface area contributed by atoms with E-state index in [1.54, 1.807) is 0 Å². The molecule has 0 aliphatic carbocycles. The van der Waals surface area contributed by atoms with Gasteiger partial charge in [0.2, 0.25) is 0 Å². The number of methoxy groups -OCH3 is 1. The van der Waals surface area contributed by atoms with Crippen LogP contribution in [0.4, 0.5) is 15.8 Å². The van der Waals surface area contributed by atoms with Crippen molar-refractivity contribution in [3.63, 3.8) is 0 Å². The van der Waals surface area contributed by atoms with Crippen LogP contribution in [-0.4, -0.2) is 31.3 Å². The molecule has 1 aromatic carbocycles. The first kappa shape index (κ1) is 13.5. The lowest BCUT2D eigenvalue weighted by atomic mass is 10.1. The van der Waals surface area contributed by atoms with Crippen LogP contribution in [0, 0.1) is 15.9 Å². The Balaban J connectivity index is 2.22. The van der Waals surface area contributed by atoms with Gasteiger partial charge in [-0.1, -0.05) is 0 Å². The van der Waals surface area contributed by atoms with Gasteiger partial charge >= 0.3 is 5.69 Å². The van der Waals surface area contributed by atoms with Crippen molar-refractivity contribution in [2.75, 3.05) is 25.6 Å². The highest BCUT2D eigenvalue weighted by atomic mass is 19.1. The topological polar surface area (TPSA) is 73.6 Å². The van der Waals surface area contributed by atoms with E-state index in [0.717, 1.165) is 18.9 Å². The minimum Gasteiger partial charge on any atom is -0.490 e. The van der Waals surface area contributed by atoms with Crippen LogP contribution in [0.5, 0.6) is 5.75 Å². The Morgan fingerprint density at radius 2 is 2.37 bits per heavy atom. The SMILES string of the molecule is COc1cc(NC2CCCOC2)c(F)cc1[N+](=O)[O-]. The Morgan fingerprint density at radius 1 is 1.58 bits per heavy atom. The second-order valence-electron chi connectivity index (χ2n) is 4.32. The maximum Gasteiger partial charge on any atom is 0.313 e. The average molecular weight is 270 g/mol. The van der Waals surface area contributed by atoms with Crippen molar-refractivity contribution in [2.45, 2.75) is 18.9 Å². The molecule has 2 rings (SSSR count). The average Bonchev–Trinajstić information content (AvgIpc) is 2.41. The Labute approximate surface area is 109 Å². The summed E-state index contributed by atoms with van der Waals surface area (Å²) in [7, 11) is 1.31. The molecule has 0 bridgehead atoms. The van der Waals surface area contributed by atoms with E-state index in [-0.39, 0.29) is 23.2 Å². The third-order valence-electron chi connectivity index (χ3n) is 2.99. The smallest absolute Gasteiger partial charge is 0.313 e. The summed E-state index contributed by atoms with van der Waals surface area (Å²) in [6, 6.07) is 2.18. The van der Waals surface area contributed by atoms with Crippen LogP contribution in [0.2, 0.25) is 0 Å². The predicted octanol–water partition coefficient (Wildman–Crippen LogP) is 2.33. The summed E-state index contributed by atoms with van der Waals surface area (Å²) in [4.78, 5) is 10.1. The van der Waals surface area contributed by atoms with Gasteiger partial charge in [-0.05, 0) is 12.8 Å². The molecule has 104 valence electrons. The second-order valence-corrected chi connectivity index (χ2v) is 4.32. The van der Waals surface area contributed by atoms with E-state index in [0.29, 0.717) is 13.2 Å². The van der Waals surface area contributed by atoms with E-state index in [4.69, 9.17) is 9.47 Å². The monoisotopic (exact) mass is 270 g/mol. The lowest BCUT2D eigenvalue weighted by Crippen LogP contribution is -2.30. The van der Waals surface area contributed by atoms with E-state index >= 15 is 0 Å². The summed E-state index contributed by atoms with van der Waals surface area (Å²) in [6.45, 7) is 1.21. The van der Waals surface area contributed by atoms with Gasteiger partial charge < -0.3 is 14.8 Å². The number of hydrogen-bond donors (Lipinski definition) is 1. The first-order valence-electron chi connectivity index (χ1n) is 5.98. The predicted molar refractivity (Wildman–Crippen MR) is 67.1 cm³/mol. The van der Waals surface area contributed by atoms with Gasteiger partial charge in [0.25, 0.3) is 0 Å². The van der Waals surface area contributed by atoms with E-state index in [9.17, 15) is 14.5 Å². The van der Waals surface area contributed by atoms with Crippen molar-refractivity contribution in [1.82, 2.24) is 0 Å². The molecule has 19 heavy (non-hydrogen) atoms. The summed E-state index contributed by atoms with van der Waals surface area (Å²) < 4.78 is 24.0. The molecular weight excluding hydrogens is 255 g/mol. The van der Waals surface area contributed by atoms with Gasteiger partial charge in [0.15, 0.2) is 11.6 Å². The summed E-state index contributed by atoms with van der Waals surface area (Å²) in [5.74, 6) is -0.635. The fraction of sp³-hybridized carbons (Fsp3) is 0.500. The third kappa shape index (κ3) is 3.11. The van der Waals surface area contributed by atoms with Gasteiger partial charge in [-0.3, -0.25) is 10.1 Å². The zero-order valence-electron chi connectivity index (χ0n) is 10.5. The van der Waals surface area contributed by atoms with Gasteiger partial charge in [-0.25, -0.2) is 4.39 Å². The van der Waals surface area contributed by atoms with Crippen molar-refractivity contribution in [2.24, 2.45) is 0 Å². The normalized spacial score (nSPS) is 18.9. The molecule has 1 N–H and O–H groups in total. The molecule has 7 heteroatoms. The van der Waals surface area contributed by atoms with Crippen LogP contribution in [0.3, 0.4) is 0 Å². The lowest BCUT2D eigenvalue weighted by Gasteiger charge is -2.24. The van der Waals surface area contributed by atoms with Crippen molar-refractivity contribution >= 4 is 11.4 Å². The Morgan fingerprint density at radius 3 is 2.95 bits per heavy atom. The Kier molecular flexibility index (Phi) is 4.16. The third-order valence-corrected chi connectivity index (χ3v) is 2.99. The molecule has 0 spiro atoms. The molecule has 0 amide bonds. The molecule has 1 atom stereocenters. The number of nitrogens with one attached hydrogen (secondary N) is 1. The summed E-state index contributed by atoms with van der Waals surface area (Å²) in [6.07, 6.45) is 1.78. The summed E-state index contributed by atoms with van der Waals surface area (Å²) in [5.41, 5.74) is -0.191. The van der Waals surface area contributed by atoms with Crippen molar-refractivity contribution in [3.05, 3.63) is 28.1 Å². The van der Waals surface area contributed by atoms with Crippen LogP contribution in [-0.2, 0) is 4.74 Å². The van der Waals surface area contributed by atoms with Crippen molar-refractivity contribution < 1.29 is 18.8 Å². The quantitative estimate of drug-likeness (QED) is 0.671. The number of ether oxygens (including phenoxy) is 2. The molecule has 1 saturated heterocycles. The maximum atomic E-state index is 13.8. The van der Waals surface area contributed by atoms with Crippen molar-refractivity contribution in [3.8, 4) is 5.75 Å². The van der Waals surface area contributed by atoms with Crippen LogP contribution in [0.1, 0.15) is 12.8 Å². The highest BCUT2D eigenvalue weighted by Gasteiger charge is 2.21. The minimum atomic E-state index is -0.671. The summed E-state index contributed by atoms with van der Waals surface area (Å²) in [5, 5.41) is 13.7. The van der Waals surface area contributed by atoms with Crippen LogP contribution >= 0.6 is 0 Å². The fourth-order valence-corrected chi connectivity index (χ4v) is 2.03. The van der Waals surface area contributed by atoms with Gasteiger partial charge in [0.1, 0.15) is 0 Å². The number of rotatable bonds is 4. The van der Waals surface area contributed by atoms with E-state index in [2.05, 4.69) is 5.32 Å². The lowest BCUT2D eigenvalue weighted by molar-refractivity contribution is -0.385. The van der Waals surface area contributed by atoms with Crippen LogP contribution in [0.25, 0.3) is 0 Å². The number of nitrogens with zero attached hydrogens (tertiary/aromatic N) is 1. The molecule has 1 aliphatic rings. The van der Waals surface area contributed by atoms with E-state index < -0.39 is 10.7 Å². The molecular formula is C12H15FN2O4. The van der Waals surface area contributed by atoms with Gasteiger partial charge in [0.05, 0.1) is 30.4 Å². The molecule has 0 radical (unpaired) electrons. The highest BCUT2D eigenvalue weighted by molar-refractivity contribution is 5.59. The molecule has 1 heterocycles. The standard InChI is InChI=1S/C12H15FN2O4/c1-18-12-6-10(9(13)5-11(12)15(16)17)14-8-3-2-4-19-7-8/h5-6,8,14H,2-4,7H2,1H3.